The molecule has 7 heteroatoms. The molecule has 0 bridgehead atoms. The Bertz CT molecular complexity index is 794. The first kappa shape index (κ1) is 27.0. The van der Waals surface area contributed by atoms with Gasteiger partial charge in [0.2, 0.25) is 5.91 Å². The molecule has 0 heterocycles. The SMILES string of the molecule is C#CN(C(=O)C(CC(C)C)NC(=O)OC(C)(C)C)C(C(=O)NCCCC)c1ccccc1. The van der Waals surface area contributed by atoms with Gasteiger partial charge in [-0.2, -0.15) is 0 Å². The average molecular weight is 444 g/mol. The van der Waals surface area contributed by atoms with Crippen LogP contribution in [-0.2, 0) is 14.3 Å². The first-order valence-electron chi connectivity index (χ1n) is 11.1. The second-order valence-corrected chi connectivity index (χ2v) is 9.12. The van der Waals surface area contributed by atoms with Gasteiger partial charge in [0, 0.05) is 12.6 Å². The second kappa shape index (κ2) is 12.7. The highest BCUT2D eigenvalue weighted by molar-refractivity contribution is 5.93. The molecule has 1 rings (SSSR count). The second-order valence-electron chi connectivity index (χ2n) is 9.12. The maximum absolute atomic E-state index is 13.5. The fourth-order valence-corrected chi connectivity index (χ4v) is 3.11. The van der Waals surface area contributed by atoms with E-state index in [2.05, 4.69) is 16.7 Å². The van der Waals surface area contributed by atoms with Gasteiger partial charge in [-0.3, -0.25) is 14.5 Å². The smallest absolute Gasteiger partial charge is 0.408 e. The van der Waals surface area contributed by atoms with Gasteiger partial charge in [-0.1, -0.05) is 63.9 Å². The van der Waals surface area contributed by atoms with Crippen LogP contribution in [0.3, 0.4) is 0 Å². The molecule has 2 N–H and O–H groups in total. The summed E-state index contributed by atoms with van der Waals surface area (Å²) in [6, 6.07) is 9.32. The lowest BCUT2D eigenvalue weighted by atomic mass is 9.99. The predicted octanol–water partition coefficient (Wildman–Crippen LogP) is 4.00. The first-order chi connectivity index (χ1) is 15.0. The van der Waals surface area contributed by atoms with E-state index in [1.54, 1.807) is 45.0 Å². The number of rotatable bonds is 10. The number of nitrogens with one attached hydrogen (secondary N) is 2. The van der Waals surface area contributed by atoms with E-state index in [0.29, 0.717) is 18.5 Å². The lowest BCUT2D eigenvalue weighted by Gasteiger charge is -2.31. The van der Waals surface area contributed by atoms with E-state index in [4.69, 9.17) is 11.2 Å². The molecule has 0 saturated heterocycles. The van der Waals surface area contributed by atoms with Crippen molar-refractivity contribution in [2.75, 3.05) is 6.54 Å². The van der Waals surface area contributed by atoms with Crippen LogP contribution in [0.4, 0.5) is 4.79 Å². The molecule has 0 aliphatic rings. The van der Waals surface area contributed by atoms with Crippen molar-refractivity contribution < 1.29 is 19.1 Å². The summed E-state index contributed by atoms with van der Waals surface area (Å²) < 4.78 is 5.32. The van der Waals surface area contributed by atoms with E-state index in [1.807, 2.05) is 26.8 Å². The highest BCUT2D eigenvalue weighted by Gasteiger charge is 2.36. The molecule has 7 nitrogen and oxygen atoms in total. The summed E-state index contributed by atoms with van der Waals surface area (Å²) in [5.41, 5.74) is -0.124. The molecule has 2 unspecified atom stereocenters. The molecule has 32 heavy (non-hydrogen) atoms. The number of hydrogen-bond donors (Lipinski definition) is 2. The van der Waals surface area contributed by atoms with Crippen molar-refractivity contribution in [3.8, 4) is 12.5 Å². The van der Waals surface area contributed by atoms with Gasteiger partial charge in [0.15, 0.2) is 0 Å². The van der Waals surface area contributed by atoms with Gasteiger partial charge in [0.25, 0.3) is 5.91 Å². The summed E-state index contributed by atoms with van der Waals surface area (Å²) in [5.74, 6) is -0.810. The zero-order chi connectivity index (χ0) is 24.3. The number of alkyl carbamates (subject to hydrolysis) is 1. The van der Waals surface area contributed by atoms with E-state index in [-0.39, 0.29) is 11.8 Å². The largest absolute Gasteiger partial charge is 0.444 e. The van der Waals surface area contributed by atoms with Gasteiger partial charge in [-0.25, -0.2) is 4.79 Å². The Morgan fingerprint density at radius 2 is 1.78 bits per heavy atom. The third kappa shape index (κ3) is 9.01. The zero-order valence-corrected chi connectivity index (χ0v) is 20.1. The van der Waals surface area contributed by atoms with Crippen molar-refractivity contribution >= 4 is 17.9 Å². The van der Waals surface area contributed by atoms with Crippen LogP contribution in [0.5, 0.6) is 0 Å². The Balaban J connectivity index is 3.24. The summed E-state index contributed by atoms with van der Waals surface area (Å²) in [4.78, 5) is 40.0. The highest BCUT2D eigenvalue weighted by atomic mass is 16.6. The Morgan fingerprint density at radius 3 is 2.28 bits per heavy atom. The number of ether oxygens (including phenoxy) is 1. The molecule has 1 aromatic carbocycles. The zero-order valence-electron chi connectivity index (χ0n) is 20.1. The van der Waals surface area contributed by atoms with Crippen molar-refractivity contribution in [3.05, 3.63) is 35.9 Å². The number of nitrogens with zero attached hydrogens (tertiary/aromatic N) is 1. The highest BCUT2D eigenvalue weighted by Crippen LogP contribution is 2.23. The summed E-state index contributed by atoms with van der Waals surface area (Å²) in [5, 5.41) is 5.50. The van der Waals surface area contributed by atoms with Gasteiger partial charge in [-0.05, 0) is 45.1 Å². The third-order valence-corrected chi connectivity index (χ3v) is 4.52. The van der Waals surface area contributed by atoms with Gasteiger partial charge in [-0.15, -0.1) is 0 Å². The molecule has 0 saturated carbocycles. The minimum Gasteiger partial charge on any atom is -0.444 e. The molecular weight excluding hydrogens is 406 g/mol. The van der Waals surface area contributed by atoms with E-state index >= 15 is 0 Å². The monoisotopic (exact) mass is 443 g/mol. The minimum atomic E-state index is -1.01. The fraction of sp³-hybridized carbons (Fsp3) is 0.560. The van der Waals surface area contributed by atoms with Crippen LogP contribution in [0.2, 0.25) is 0 Å². The Morgan fingerprint density at radius 1 is 1.16 bits per heavy atom. The van der Waals surface area contributed by atoms with E-state index < -0.39 is 29.7 Å². The Hall–Kier alpha value is -3.01. The molecule has 2 atom stereocenters. The third-order valence-electron chi connectivity index (χ3n) is 4.52. The van der Waals surface area contributed by atoms with Gasteiger partial charge >= 0.3 is 6.09 Å². The Labute approximate surface area is 192 Å². The van der Waals surface area contributed by atoms with Crippen LogP contribution in [-0.4, -0.2) is 41.0 Å². The fourth-order valence-electron chi connectivity index (χ4n) is 3.11. The van der Waals surface area contributed by atoms with Crippen LogP contribution in [0.1, 0.15) is 72.4 Å². The topological polar surface area (TPSA) is 87.7 Å². The summed E-state index contributed by atoms with van der Waals surface area (Å²) in [6.45, 7) is 11.6. The maximum atomic E-state index is 13.5. The molecule has 0 aliphatic heterocycles. The molecule has 0 radical (unpaired) electrons. The van der Waals surface area contributed by atoms with E-state index in [1.165, 1.54) is 0 Å². The first-order valence-corrected chi connectivity index (χ1v) is 11.1. The number of benzene rings is 1. The van der Waals surface area contributed by atoms with Gasteiger partial charge < -0.3 is 15.4 Å². The lowest BCUT2D eigenvalue weighted by Crippen LogP contribution is -2.52. The summed E-state index contributed by atoms with van der Waals surface area (Å²) in [7, 11) is 0. The minimum absolute atomic E-state index is 0.0899. The number of terminal acetylenes is 1. The standard InChI is InChI=1S/C25H37N3O4/c1-8-10-16-26-22(29)21(19-14-12-11-13-15-19)28(9-2)23(30)20(17-18(3)4)27-24(31)32-25(5,6)7/h2,11-15,18,20-21H,8,10,16-17H2,1,3-7H3,(H,26,29)(H,27,31). The van der Waals surface area contributed by atoms with E-state index in [0.717, 1.165) is 17.7 Å². The Kier molecular flexibility index (Phi) is 10.8. The number of amides is 3. The molecule has 0 fully saturated rings. The van der Waals surface area contributed by atoms with Crippen LogP contribution in [0.25, 0.3) is 0 Å². The van der Waals surface area contributed by atoms with Gasteiger partial charge in [0.05, 0.1) is 0 Å². The molecule has 0 spiro atoms. The number of unbranched alkanes of at least 4 members (excludes halogenated alkanes) is 1. The average Bonchev–Trinajstić information content (AvgIpc) is 2.70. The molecular formula is C25H37N3O4. The van der Waals surface area contributed by atoms with Gasteiger partial charge in [0.1, 0.15) is 17.7 Å². The molecule has 0 aromatic heterocycles. The molecule has 1 aromatic rings. The molecule has 0 aliphatic carbocycles. The van der Waals surface area contributed by atoms with Crippen LogP contribution >= 0.6 is 0 Å². The van der Waals surface area contributed by atoms with Crippen LogP contribution < -0.4 is 10.6 Å². The number of carbonyl (C=O) groups excluding carboxylic acids is 3. The number of carbonyl (C=O) groups is 3. The van der Waals surface area contributed by atoms with Crippen LogP contribution in [0, 0.1) is 18.4 Å². The summed E-state index contributed by atoms with van der Waals surface area (Å²) >= 11 is 0. The predicted molar refractivity (Wildman–Crippen MR) is 125 cm³/mol. The van der Waals surface area contributed by atoms with Crippen molar-refractivity contribution in [2.24, 2.45) is 5.92 Å². The van der Waals surface area contributed by atoms with Crippen LogP contribution in [0.15, 0.2) is 30.3 Å². The normalized spacial score (nSPS) is 12.9. The molecule has 176 valence electrons. The maximum Gasteiger partial charge on any atom is 0.408 e. The lowest BCUT2D eigenvalue weighted by molar-refractivity contribution is -0.138. The van der Waals surface area contributed by atoms with Crippen molar-refractivity contribution in [3.63, 3.8) is 0 Å². The quantitative estimate of drug-likeness (QED) is 0.325. The van der Waals surface area contributed by atoms with E-state index in [9.17, 15) is 14.4 Å². The van der Waals surface area contributed by atoms with Crippen molar-refractivity contribution in [1.82, 2.24) is 15.5 Å². The van der Waals surface area contributed by atoms with Crippen molar-refractivity contribution in [2.45, 2.75) is 78.5 Å². The molecule has 3 amide bonds. The van der Waals surface area contributed by atoms with Crippen molar-refractivity contribution in [1.29, 1.82) is 0 Å². The number of hydrogen-bond acceptors (Lipinski definition) is 4. The summed E-state index contributed by atoms with van der Waals surface area (Å²) in [6.07, 6.45) is 7.10.